The molecular formula is C25H20N2O3. The number of methoxy groups -OCH3 is 1. The largest absolute Gasteiger partial charge is 0.497 e. The number of ether oxygens (including phenoxy) is 1. The van der Waals surface area contributed by atoms with Crippen LogP contribution < -0.4 is 10.4 Å². The van der Waals surface area contributed by atoms with E-state index in [2.05, 4.69) is 4.98 Å². The lowest BCUT2D eigenvalue weighted by molar-refractivity contribution is 0.104. The average molecular weight is 396 g/mol. The molecule has 0 spiro atoms. The first-order chi connectivity index (χ1) is 14.6. The SMILES string of the molecule is COc1ccc(-c2cn(-c3cccc(C(=O)C=Cc4ccccc4)c3)c(=O)[nH]2)cc1. The predicted molar refractivity (Wildman–Crippen MR) is 118 cm³/mol. The third kappa shape index (κ3) is 4.15. The van der Waals surface area contributed by atoms with Crippen LogP contribution in [0.3, 0.4) is 0 Å². The van der Waals surface area contributed by atoms with Crippen LogP contribution in [-0.4, -0.2) is 22.4 Å². The Morgan fingerprint density at radius 1 is 0.967 bits per heavy atom. The fourth-order valence-electron chi connectivity index (χ4n) is 3.15. The zero-order valence-corrected chi connectivity index (χ0v) is 16.4. The van der Waals surface area contributed by atoms with Crippen molar-refractivity contribution in [2.75, 3.05) is 7.11 Å². The Hall–Kier alpha value is -4.12. The van der Waals surface area contributed by atoms with Crippen LogP contribution in [0.25, 0.3) is 23.0 Å². The van der Waals surface area contributed by atoms with E-state index in [9.17, 15) is 9.59 Å². The van der Waals surface area contributed by atoms with Crippen molar-refractivity contribution in [3.05, 3.63) is 113 Å². The number of nitrogens with zero attached hydrogens (tertiary/aromatic N) is 1. The lowest BCUT2D eigenvalue weighted by atomic mass is 10.1. The van der Waals surface area contributed by atoms with Gasteiger partial charge in [0.1, 0.15) is 5.75 Å². The second kappa shape index (κ2) is 8.49. The van der Waals surface area contributed by atoms with Crippen LogP contribution >= 0.6 is 0 Å². The molecule has 0 unspecified atom stereocenters. The summed E-state index contributed by atoms with van der Waals surface area (Å²) in [4.78, 5) is 28.0. The maximum atomic E-state index is 12.6. The van der Waals surface area contributed by atoms with Crippen molar-refractivity contribution in [3.8, 4) is 22.7 Å². The summed E-state index contributed by atoms with van der Waals surface area (Å²) in [6, 6.07) is 24.1. The Morgan fingerprint density at radius 3 is 2.47 bits per heavy atom. The zero-order chi connectivity index (χ0) is 20.9. The lowest BCUT2D eigenvalue weighted by Crippen LogP contribution is -2.14. The van der Waals surface area contributed by atoms with E-state index in [4.69, 9.17) is 4.74 Å². The molecule has 5 heteroatoms. The highest BCUT2D eigenvalue weighted by Gasteiger charge is 2.09. The minimum absolute atomic E-state index is 0.125. The Labute approximate surface area is 173 Å². The molecule has 4 aromatic rings. The third-order valence-corrected chi connectivity index (χ3v) is 4.76. The smallest absolute Gasteiger partial charge is 0.330 e. The van der Waals surface area contributed by atoms with Gasteiger partial charge in [-0.05, 0) is 53.6 Å². The van der Waals surface area contributed by atoms with Crippen molar-refractivity contribution in [3.63, 3.8) is 0 Å². The van der Waals surface area contributed by atoms with Gasteiger partial charge < -0.3 is 9.72 Å². The van der Waals surface area contributed by atoms with Gasteiger partial charge in [-0.3, -0.25) is 9.36 Å². The van der Waals surface area contributed by atoms with E-state index in [1.807, 2.05) is 54.6 Å². The van der Waals surface area contributed by atoms with E-state index in [1.54, 1.807) is 43.6 Å². The average Bonchev–Trinajstić information content (AvgIpc) is 3.20. The topological polar surface area (TPSA) is 64.1 Å². The number of hydrogen-bond donors (Lipinski definition) is 1. The predicted octanol–water partition coefficient (Wildman–Crippen LogP) is 4.74. The second-order valence-electron chi connectivity index (χ2n) is 6.73. The van der Waals surface area contributed by atoms with E-state index in [1.165, 1.54) is 10.6 Å². The summed E-state index contributed by atoms with van der Waals surface area (Å²) >= 11 is 0. The fourth-order valence-corrected chi connectivity index (χ4v) is 3.15. The summed E-state index contributed by atoms with van der Waals surface area (Å²) in [5, 5.41) is 0. The molecule has 0 atom stereocenters. The number of carbonyl (C=O) groups is 1. The summed E-state index contributed by atoms with van der Waals surface area (Å²) in [5.41, 5.74) is 3.36. The Kier molecular flexibility index (Phi) is 5.44. The van der Waals surface area contributed by atoms with Gasteiger partial charge in [0.05, 0.1) is 18.5 Å². The van der Waals surface area contributed by atoms with Crippen LogP contribution in [-0.2, 0) is 0 Å². The van der Waals surface area contributed by atoms with Crippen LogP contribution in [0.2, 0.25) is 0 Å². The van der Waals surface area contributed by atoms with Crippen molar-refractivity contribution in [2.24, 2.45) is 0 Å². The molecular weight excluding hydrogens is 376 g/mol. The first-order valence-corrected chi connectivity index (χ1v) is 9.48. The third-order valence-electron chi connectivity index (χ3n) is 4.76. The Balaban J connectivity index is 1.61. The number of aromatic nitrogens is 2. The van der Waals surface area contributed by atoms with Crippen LogP contribution in [0.4, 0.5) is 0 Å². The van der Waals surface area contributed by atoms with E-state index in [-0.39, 0.29) is 11.5 Å². The summed E-state index contributed by atoms with van der Waals surface area (Å²) in [6.07, 6.45) is 5.05. The molecule has 1 N–H and O–H groups in total. The van der Waals surface area contributed by atoms with Gasteiger partial charge in [0, 0.05) is 11.8 Å². The molecule has 1 heterocycles. The maximum absolute atomic E-state index is 12.6. The number of allylic oxidation sites excluding steroid dienone is 1. The summed E-state index contributed by atoms with van der Waals surface area (Å²) < 4.78 is 6.67. The molecule has 0 aliphatic carbocycles. The number of rotatable bonds is 6. The van der Waals surface area contributed by atoms with E-state index in [0.29, 0.717) is 16.9 Å². The second-order valence-corrected chi connectivity index (χ2v) is 6.73. The first-order valence-electron chi connectivity index (χ1n) is 9.48. The normalized spacial score (nSPS) is 11.0. The van der Waals surface area contributed by atoms with Gasteiger partial charge in [0.2, 0.25) is 0 Å². The van der Waals surface area contributed by atoms with Crippen molar-refractivity contribution < 1.29 is 9.53 Å². The number of aromatic amines is 1. The fraction of sp³-hybridized carbons (Fsp3) is 0.0400. The highest BCUT2D eigenvalue weighted by molar-refractivity contribution is 6.07. The standard InChI is InChI=1S/C25H20N2O3/c1-30-22-13-11-19(12-14-22)23-17-27(25(29)26-23)21-9-5-8-20(16-21)24(28)15-10-18-6-3-2-4-7-18/h2-17H,1H3,(H,26,29). The minimum atomic E-state index is -0.273. The molecule has 3 aromatic carbocycles. The van der Waals surface area contributed by atoms with Crippen LogP contribution in [0, 0.1) is 0 Å². The number of hydrogen-bond acceptors (Lipinski definition) is 3. The summed E-state index contributed by atoms with van der Waals surface area (Å²) in [6.45, 7) is 0. The molecule has 148 valence electrons. The number of imidazole rings is 1. The lowest BCUT2D eigenvalue weighted by Gasteiger charge is -2.03. The molecule has 0 radical (unpaired) electrons. The molecule has 0 bridgehead atoms. The van der Waals surface area contributed by atoms with Crippen LogP contribution in [0.1, 0.15) is 15.9 Å². The van der Waals surface area contributed by atoms with Gasteiger partial charge >= 0.3 is 5.69 Å². The zero-order valence-electron chi connectivity index (χ0n) is 16.4. The highest BCUT2D eigenvalue weighted by Crippen LogP contribution is 2.21. The van der Waals surface area contributed by atoms with Crippen molar-refractivity contribution >= 4 is 11.9 Å². The van der Waals surface area contributed by atoms with E-state index < -0.39 is 0 Å². The van der Waals surface area contributed by atoms with Crippen molar-refractivity contribution in [2.45, 2.75) is 0 Å². The van der Waals surface area contributed by atoms with Gasteiger partial charge in [0.15, 0.2) is 5.78 Å². The van der Waals surface area contributed by atoms with Gasteiger partial charge in [0.25, 0.3) is 0 Å². The Morgan fingerprint density at radius 2 is 1.73 bits per heavy atom. The van der Waals surface area contributed by atoms with E-state index >= 15 is 0 Å². The minimum Gasteiger partial charge on any atom is -0.497 e. The van der Waals surface area contributed by atoms with E-state index in [0.717, 1.165) is 16.9 Å². The van der Waals surface area contributed by atoms with Crippen LogP contribution in [0.5, 0.6) is 5.75 Å². The van der Waals surface area contributed by atoms with Crippen molar-refractivity contribution in [1.82, 2.24) is 9.55 Å². The molecule has 0 aliphatic heterocycles. The summed E-state index contributed by atoms with van der Waals surface area (Å²) in [7, 11) is 1.61. The molecule has 0 saturated carbocycles. The number of nitrogens with one attached hydrogen (secondary N) is 1. The van der Waals surface area contributed by atoms with Gasteiger partial charge in [-0.1, -0.05) is 48.5 Å². The Bertz CT molecular complexity index is 1250. The van der Waals surface area contributed by atoms with Crippen LogP contribution in [0.15, 0.2) is 95.9 Å². The number of ketones is 1. The quantitative estimate of drug-likeness (QED) is 0.378. The maximum Gasteiger partial charge on any atom is 0.330 e. The first kappa shape index (κ1) is 19.2. The summed E-state index contributed by atoms with van der Waals surface area (Å²) in [5.74, 6) is 0.620. The molecule has 30 heavy (non-hydrogen) atoms. The number of carbonyl (C=O) groups excluding carboxylic acids is 1. The van der Waals surface area contributed by atoms with Gasteiger partial charge in [-0.2, -0.15) is 0 Å². The number of H-pyrrole nitrogens is 1. The molecule has 0 aliphatic rings. The van der Waals surface area contributed by atoms with Gasteiger partial charge in [-0.15, -0.1) is 0 Å². The molecule has 0 amide bonds. The molecule has 5 nitrogen and oxygen atoms in total. The number of benzene rings is 3. The highest BCUT2D eigenvalue weighted by atomic mass is 16.5. The van der Waals surface area contributed by atoms with Crippen molar-refractivity contribution in [1.29, 1.82) is 0 Å². The van der Waals surface area contributed by atoms with Gasteiger partial charge in [-0.25, -0.2) is 4.79 Å². The monoisotopic (exact) mass is 396 g/mol. The molecule has 0 saturated heterocycles. The molecule has 0 fully saturated rings. The molecule has 4 rings (SSSR count). The molecule has 1 aromatic heterocycles.